The summed E-state index contributed by atoms with van der Waals surface area (Å²) in [5.74, 6) is 2.28. The first kappa shape index (κ1) is 14.1. The van der Waals surface area contributed by atoms with Crippen molar-refractivity contribution in [2.45, 2.75) is 31.7 Å². The van der Waals surface area contributed by atoms with Crippen molar-refractivity contribution in [3.8, 4) is 0 Å². The molecule has 2 fully saturated rings. The van der Waals surface area contributed by atoms with Crippen LogP contribution in [0.2, 0.25) is 0 Å². The summed E-state index contributed by atoms with van der Waals surface area (Å²) < 4.78 is 0. The third-order valence-corrected chi connectivity index (χ3v) is 4.10. The zero-order valence-electron chi connectivity index (χ0n) is 12.7. The molecule has 2 aliphatic rings. The second-order valence-electron chi connectivity index (χ2n) is 6.16. The molecule has 1 aromatic heterocycles. The lowest BCUT2D eigenvalue weighted by molar-refractivity contribution is -0.133. The minimum absolute atomic E-state index is 0.261. The second kappa shape index (κ2) is 5.87. The van der Waals surface area contributed by atoms with Crippen molar-refractivity contribution in [3.63, 3.8) is 0 Å². The number of anilines is 2. The third kappa shape index (κ3) is 3.25. The molecule has 1 saturated heterocycles. The smallest absolute Gasteiger partial charge is 0.225 e. The van der Waals surface area contributed by atoms with Gasteiger partial charge in [0.25, 0.3) is 0 Å². The molecule has 1 aliphatic carbocycles. The fourth-order valence-electron chi connectivity index (χ4n) is 2.84. The highest BCUT2D eigenvalue weighted by molar-refractivity contribution is 5.81. The van der Waals surface area contributed by atoms with Crippen LogP contribution >= 0.6 is 0 Å². The number of rotatable bonds is 4. The van der Waals surface area contributed by atoms with Gasteiger partial charge in [-0.3, -0.25) is 4.79 Å². The van der Waals surface area contributed by atoms with Gasteiger partial charge in [-0.15, -0.1) is 0 Å². The number of hydrogen-bond donors (Lipinski definition) is 1. The molecule has 1 aliphatic heterocycles. The summed E-state index contributed by atoms with van der Waals surface area (Å²) in [5, 5.41) is 3.47. The van der Waals surface area contributed by atoms with E-state index in [0.29, 0.717) is 11.8 Å². The van der Waals surface area contributed by atoms with Crippen molar-refractivity contribution < 1.29 is 4.79 Å². The van der Waals surface area contributed by atoms with Gasteiger partial charge in [-0.1, -0.05) is 0 Å². The molecular weight excluding hydrogens is 266 g/mol. The Bertz CT molecular complexity index is 515. The third-order valence-electron chi connectivity index (χ3n) is 4.10. The summed E-state index contributed by atoms with van der Waals surface area (Å²) in [6.45, 7) is 1.67. The van der Waals surface area contributed by atoms with Crippen LogP contribution in [0.4, 0.5) is 11.6 Å². The Labute approximate surface area is 125 Å². The van der Waals surface area contributed by atoms with E-state index in [1.54, 1.807) is 12.4 Å². The Hall–Kier alpha value is -1.85. The molecule has 114 valence electrons. The van der Waals surface area contributed by atoms with Gasteiger partial charge in [-0.2, -0.15) is 0 Å². The average molecular weight is 289 g/mol. The van der Waals surface area contributed by atoms with Crippen LogP contribution in [0.25, 0.3) is 0 Å². The topological polar surface area (TPSA) is 61.4 Å². The van der Waals surface area contributed by atoms with Crippen LogP contribution in [-0.4, -0.2) is 54.0 Å². The Kier molecular flexibility index (Phi) is 3.94. The number of nitrogens with zero attached hydrogens (tertiary/aromatic N) is 4. The monoisotopic (exact) mass is 289 g/mol. The highest BCUT2D eigenvalue weighted by Crippen LogP contribution is 2.32. The average Bonchev–Trinajstić information content (AvgIpc) is 3.32. The molecule has 1 N–H and O–H groups in total. The van der Waals surface area contributed by atoms with Crippen LogP contribution in [0, 0.1) is 5.92 Å². The number of carbonyl (C=O) groups is 1. The first-order chi connectivity index (χ1) is 10.1. The van der Waals surface area contributed by atoms with Crippen molar-refractivity contribution in [1.82, 2.24) is 14.9 Å². The summed E-state index contributed by atoms with van der Waals surface area (Å²) >= 11 is 0. The van der Waals surface area contributed by atoms with Gasteiger partial charge in [-0.25, -0.2) is 9.97 Å². The van der Waals surface area contributed by atoms with Gasteiger partial charge in [0, 0.05) is 51.5 Å². The van der Waals surface area contributed by atoms with E-state index in [9.17, 15) is 4.79 Å². The van der Waals surface area contributed by atoms with Gasteiger partial charge in [0.15, 0.2) is 11.6 Å². The largest absolute Gasteiger partial charge is 0.362 e. The van der Waals surface area contributed by atoms with Crippen LogP contribution in [-0.2, 0) is 4.79 Å². The van der Waals surface area contributed by atoms with E-state index in [4.69, 9.17) is 0 Å². The summed E-state index contributed by atoms with van der Waals surface area (Å²) in [6, 6.07) is 0.261. The lowest BCUT2D eigenvalue weighted by atomic mass is 10.1. The van der Waals surface area contributed by atoms with Gasteiger partial charge in [0.1, 0.15) is 0 Å². The molecule has 1 atom stereocenters. The van der Waals surface area contributed by atoms with E-state index in [-0.39, 0.29) is 6.04 Å². The number of likely N-dealkylation sites (tertiary alicyclic amines) is 1. The maximum atomic E-state index is 12.2. The highest BCUT2D eigenvalue weighted by Gasteiger charge is 2.35. The molecule has 2 heterocycles. The molecule has 6 nitrogen and oxygen atoms in total. The van der Waals surface area contributed by atoms with Gasteiger partial charge in [0.2, 0.25) is 5.91 Å². The quantitative estimate of drug-likeness (QED) is 0.907. The minimum Gasteiger partial charge on any atom is -0.362 e. The molecule has 1 saturated carbocycles. The molecule has 0 aromatic carbocycles. The van der Waals surface area contributed by atoms with E-state index in [0.717, 1.165) is 50.4 Å². The summed E-state index contributed by atoms with van der Waals surface area (Å²) in [6.07, 6.45) is 7.66. The predicted octanol–water partition coefficient (Wildman–Crippen LogP) is 1.36. The zero-order valence-corrected chi connectivity index (χ0v) is 12.7. The Morgan fingerprint density at radius 2 is 2.05 bits per heavy atom. The first-order valence-corrected chi connectivity index (χ1v) is 7.69. The molecule has 0 radical (unpaired) electrons. The Balaban J connectivity index is 1.66. The Morgan fingerprint density at radius 1 is 1.29 bits per heavy atom. The maximum absolute atomic E-state index is 12.2. The van der Waals surface area contributed by atoms with Crippen LogP contribution in [0.5, 0.6) is 0 Å². The Morgan fingerprint density at radius 3 is 2.76 bits per heavy atom. The predicted molar refractivity (Wildman–Crippen MR) is 82.3 cm³/mol. The van der Waals surface area contributed by atoms with E-state index in [2.05, 4.69) is 15.3 Å². The molecule has 21 heavy (non-hydrogen) atoms. The number of piperidine rings is 1. The number of nitrogens with one attached hydrogen (secondary N) is 1. The number of carbonyl (C=O) groups excluding carboxylic acids is 1. The van der Waals surface area contributed by atoms with Gasteiger partial charge >= 0.3 is 0 Å². The van der Waals surface area contributed by atoms with Gasteiger partial charge in [0.05, 0.1) is 0 Å². The molecular formula is C15H23N5O. The van der Waals surface area contributed by atoms with E-state index in [1.165, 1.54) is 0 Å². The number of amides is 1. The standard InChI is InChI=1S/C15H23N5O/c1-19(2)14-13(16-7-8-17-14)18-12-4-3-9-20(10-12)15(21)11-5-6-11/h7-8,11-12H,3-6,9-10H2,1-2H3,(H,16,18). The van der Waals surface area contributed by atoms with Crippen molar-refractivity contribution in [1.29, 1.82) is 0 Å². The number of hydrogen-bond acceptors (Lipinski definition) is 5. The van der Waals surface area contributed by atoms with Crippen LogP contribution in [0.3, 0.4) is 0 Å². The van der Waals surface area contributed by atoms with E-state index >= 15 is 0 Å². The summed E-state index contributed by atoms with van der Waals surface area (Å²) in [4.78, 5) is 24.9. The zero-order chi connectivity index (χ0) is 14.8. The summed E-state index contributed by atoms with van der Waals surface area (Å²) in [5.41, 5.74) is 0. The molecule has 6 heteroatoms. The normalized spacial score (nSPS) is 22.0. The van der Waals surface area contributed by atoms with Crippen molar-refractivity contribution >= 4 is 17.5 Å². The SMILES string of the molecule is CN(C)c1nccnc1NC1CCCN(C(=O)C2CC2)C1. The first-order valence-electron chi connectivity index (χ1n) is 7.69. The lowest BCUT2D eigenvalue weighted by Gasteiger charge is -2.34. The number of aromatic nitrogens is 2. The van der Waals surface area contributed by atoms with Crippen molar-refractivity contribution in [2.75, 3.05) is 37.4 Å². The fraction of sp³-hybridized carbons (Fsp3) is 0.667. The molecule has 3 rings (SSSR count). The fourth-order valence-corrected chi connectivity index (χ4v) is 2.84. The second-order valence-corrected chi connectivity index (χ2v) is 6.16. The van der Waals surface area contributed by atoms with Gasteiger partial charge in [-0.05, 0) is 25.7 Å². The molecule has 1 unspecified atom stereocenters. The maximum Gasteiger partial charge on any atom is 0.225 e. The van der Waals surface area contributed by atoms with E-state index < -0.39 is 0 Å². The van der Waals surface area contributed by atoms with Crippen LogP contribution in [0.15, 0.2) is 12.4 Å². The lowest BCUT2D eigenvalue weighted by Crippen LogP contribution is -2.46. The van der Waals surface area contributed by atoms with Crippen LogP contribution < -0.4 is 10.2 Å². The van der Waals surface area contributed by atoms with Crippen molar-refractivity contribution in [2.24, 2.45) is 5.92 Å². The van der Waals surface area contributed by atoms with Gasteiger partial charge < -0.3 is 15.1 Å². The molecule has 0 spiro atoms. The van der Waals surface area contributed by atoms with E-state index in [1.807, 2.05) is 23.9 Å². The van der Waals surface area contributed by atoms with Crippen molar-refractivity contribution in [3.05, 3.63) is 12.4 Å². The molecule has 1 aromatic rings. The molecule has 1 amide bonds. The molecule has 0 bridgehead atoms. The highest BCUT2D eigenvalue weighted by atomic mass is 16.2. The minimum atomic E-state index is 0.261. The summed E-state index contributed by atoms with van der Waals surface area (Å²) in [7, 11) is 3.91. The van der Waals surface area contributed by atoms with Crippen LogP contribution in [0.1, 0.15) is 25.7 Å².